The highest BCUT2D eigenvalue weighted by molar-refractivity contribution is 5.80. The van der Waals surface area contributed by atoms with Crippen molar-refractivity contribution in [2.75, 3.05) is 5.73 Å². The molecule has 0 bridgehead atoms. The van der Waals surface area contributed by atoms with Gasteiger partial charge in [0, 0.05) is 12.6 Å². The van der Waals surface area contributed by atoms with Crippen molar-refractivity contribution in [3.63, 3.8) is 0 Å². The van der Waals surface area contributed by atoms with Crippen LogP contribution >= 0.6 is 0 Å². The van der Waals surface area contributed by atoms with Crippen LogP contribution in [0.25, 0.3) is 0 Å². The molecule has 0 amide bonds. The number of rotatable bonds is 3. The van der Waals surface area contributed by atoms with Gasteiger partial charge in [-0.1, -0.05) is 13.8 Å². The van der Waals surface area contributed by atoms with Gasteiger partial charge in [0.05, 0.1) is 5.56 Å². The molecule has 1 rings (SSSR count). The maximum atomic E-state index is 10.4. The number of nitrogens with two attached hydrogens (primary N) is 1. The number of aldehydes is 1. The van der Waals surface area contributed by atoms with Crippen molar-refractivity contribution in [1.29, 1.82) is 0 Å². The van der Waals surface area contributed by atoms with Crippen molar-refractivity contribution in [1.82, 2.24) is 9.97 Å². The van der Waals surface area contributed by atoms with Crippen LogP contribution in [0, 0.1) is 5.92 Å². The van der Waals surface area contributed by atoms with Crippen LogP contribution in [0.5, 0.6) is 0 Å². The normalized spacial score (nSPS) is 10.4. The molecule has 0 fully saturated rings. The van der Waals surface area contributed by atoms with Crippen molar-refractivity contribution in [3.05, 3.63) is 17.6 Å². The monoisotopic (exact) mass is 179 g/mol. The number of carbonyl (C=O) groups excluding carboxylic acids is 1. The Morgan fingerprint density at radius 2 is 2.31 bits per heavy atom. The number of aromatic nitrogens is 2. The van der Waals surface area contributed by atoms with E-state index in [1.165, 1.54) is 6.20 Å². The summed E-state index contributed by atoms with van der Waals surface area (Å²) in [5.41, 5.74) is 5.88. The zero-order valence-corrected chi connectivity index (χ0v) is 7.82. The maximum Gasteiger partial charge on any atom is 0.155 e. The fourth-order valence-corrected chi connectivity index (χ4v) is 0.997. The van der Waals surface area contributed by atoms with Crippen molar-refractivity contribution in [3.8, 4) is 0 Å². The first-order chi connectivity index (χ1) is 6.13. The standard InChI is InChI=1S/C9H13N3O/c1-6(2)3-8-11-4-7(5-13)9(10)12-8/h4-6H,3H2,1-2H3,(H2,10,11,12). The van der Waals surface area contributed by atoms with Crippen LogP contribution in [0.2, 0.25) is 0 Å². The number of nitrogen functional groups attached to an aromatic ring is 1. The van der Waals surface area contributed by atoms with Crippen LogP contribution in [-0.4, -0.2) is 16.3 Å². The van der Waals surface area contributed by atoms with Gasteiger partial charge in [0.1, 0.15) is 11.6 Å². The molecular weight excluding hydrogens is 166 g/mol. The summed E-state index contributed by atoms with van der Waals surface area (Å²) in [6.45, 7) is 4.15. The first kappa shape index (κ1) is 9.64. The molecule has 0 aliphatic heterocycles. The minimum Gasteiger partial charge on any atom is -0.383 e. The van der Waals surface area contributed by atoms with Gasteiger partial charge in [0.25, 0.3) is 0 Å². The van der Waals surface area contributed by atoms with Crippen molar-refractivity contribution < 1.29 is 4.79 Å². The minimum atomic E-state index is 0.264. The number of anilines is 1. The summed E-state index contributed by atoms with van der Waals surface area (Å²) in [6.07, 6.45) is 2.91. The largest absolute Gasteiger partial charge is 0.383 e. The highest BCUT2D eigenvalue weighted by Crippen LogP contribution is 2.07. The van der Waals surface area contributed by atoms with Crippen LogP contribution in [0.1, 0.15) is 30.0 Å². The zero-order chi connectivity index (χ0) is 9.84. The Morgan fingerprint density at radius 3 is 2.77 bits per heavy atom. The van der Waals surface area contributed by atoms with E-state index in [0.29, 0.717) is 23.6 Å². The van der Waals surface area contributed by atoms with Crippen molar-refractivity contribution in [2.45, 2.75) is 20.3 Å². The molecular formula is C9H13N3O. The molecule has 4 nitrogen and oxygen atoms in total. The van der Waals surface area contributed by atoms with Crippen molar-refractivity contribution >= 4 is 12.1 Å². The van der Waals surface area contributed by atoms with Crippen LogP contribution in [0.3, 0.4) is 0 Å². The summed E-state index contributed by atoms with van der Waals surface area (Å²) < 4.78 is 0. The molecule has 1 heterocycles. The lowest BCUT2D eigenvalue weighted by Gasteiger charge is -2.04. The lowest BCUT2D eigenvalue weighted by atomic mass is 10.1. The molecule has 0 radical (unpaired) electrons. The van der Waals surface area contributed by atoms with E-state index in [1.807, 2.05) is 0 Å². The molecule has 0 saturated heterocycles. The van der Waals surface area contributed by atoms with Crippen LogP contribution in [0.15, 0.2) is 6.20 Å². The van der Waals surface area contributed by atoms with E-state index in [-0.39, 0.29) is 5.82 Å². The van der Waals surface area contributed by atoms with Gasteiger partial charge in [-0.25, -0.2) is 9.97 Å². The summed E-state index contributed by atoms with van der Waals surface area (Å²) >= 11 is 0. The molecule has 0 atom stereocenters. The Hall–Kier alpha value is -1.45. The molecule has 2 N–H and O–H groups in total. The Morgan fingerprint density at radius 1 is 1.62 bits per heavy atom. The van der Waals surface area contributed by atoms with Gasteiger partial charge >= 0.3 is 0 Å². The maximum absolute atomic E-state index is 10.4. The van der Waals surface area contributed by atoms with E-state index in [4.69, 9.17) is 5.73 Å². The van der Waals surface area contributed by atoms with Gasteiger partial charge in [-0.15, -0.1) is 0 Å². The second kappa shape index (κ2) is 3.98. The van der Waals surface area contributed by atoms with E-state index >= 15 is 0 Å². The molecule has 0 aromatic carbocycles. The SMILES string of the molecule is CC(C)Cc1ncc(C=O)c(N)n1. The van der Waals surface area contributed by atoms with Gasteiger partial charge in [0.15, 0.2) is 6.29 Å². The molecule has 0 spiro atoms. The van der Waals surface area contributed by atoms with Crippen LogP contribution < -0.4 is 5.73 Å². The van der Waals surface area contributed by atoms with E-state index < -0.39 is 0 Å². The molecule has 1 aromatic heterocycles. The Bertz CT molecular complexity index is 310. The van der Waals surface area contributed by atoms with E-state index in [2.05, 4.69) is 23.8 Å². The van der Waals surface area contributed by atoms with Crippen LogP contribution in [-0.2, 0) is 6.42 Å². The predicted molar refractivity (Wildman–Crippen MR) is 50.4 cm³/mol. The molecule has 0 unspecified atom stereocenters. The molecule has 0 aliphatic rings. The Balaban J connectivity index is 2.89. The Labute approximate surface area is 77.2 Å². The molecule has 0 saturated carbocycles. The first-order valence-electron chi connectivity index (χ1n) is 4.20. The number of carbonyl (C=O) groups is 1. The number of hydrogen-bond acceptors (Lipinski definition) is 4. The lowest BCUT2D eigenvalue weighted by Crippen LogP contribution is -2.05. The second-order valence-electron chi connectivity index (χ2n) is 3.34. The predicted octanol–water partition coefficient (Wildman–Crippen LogP) is 1.07. The van der Waals surface area contributed by atoms with Gasteiger partial charge < -0.3 is 5.73 Å². The second-order valence-corrected chi connectivity index (χ2v) is 3.34. The molecule has 70 valence electrons. The van der Waals surface area contributed by atoms with E-state index in [9.17, 15) is 4.79 Å². The topological polar surface area (TPSA) is 68.9 Å². The number of nitrogens with zero attached hydrogens (tertiary/aromatic N) is 2. The summed E-state index contributed by atoms with van der Waals surface area (Å²) in [6, 6.07) is 0. The third-order valence-corrected chi connectivity index (χ3v) is 1.62. The quantitative estimate of drug-likeness (QED) is 0.704. The van der Waals surface area contributed by atoms with E-state index in [1.54, 1.807) is 0 Å². The number of hydrogen-bond donors (Lipinski definition) is 1. The molecule has 0 aliphatic carbocycles. The molecule has 13 heavy (non-hydrogen) atoms. The van der Waals surface area contributed by atoms with Gasteiger partial charge in [-0.3, -0.25) is 4.79 Å². The smallest absolute Gasteiger partial charge is 0.155 e. The first-order valence-corrected chi connectivity index (χ1v) is 4.20. The van der Waals surface area contributed by atoms with Crippen molar-refractivity contribution in [2.24, 2.45) is 5.92 Å². The summed E-state index contributed by atoms with van der Waals surface area (Å²) in [5.74, 6) is 1.44. The third kappa shape index (κ3) is 2.50. The average Bonchev–Trinajstić information content (AvgIpc) is 2.03. The van der Waals surface area contributed by atoms with E-state index in [0.717, 1.165) is 6.42 Å². The van der Waals surface area contributed by atoms with Crippen LogP contribution in [0.4, 0.5) is 5.82 Å². The average molecular weight is 179 g/mol. The zero-order valence-electron chi connectivity index (χ0n) is 7.82. The third-order valence-electron chi connectivity index (χ3n) is 1.62. The molecule has 1 aromatic rings. The highest BCUT2D eigenvalue weighted by atomic mass is 16.1. The fraction of sp³-hybridized carbons (Fsp3) is 0.444. The lowest BCUT2D eigenvalue weighted by molar-refractivity contribution is 0.112. The fourth-order valence-electron chi connectivity index (χ4n) is 0.997. The van der Waals surface area contributed by atoms with Gasteiger partial charge in [-0.2, -0.15) is 0 Å². The van der Waals surface area contributed by atoms with Gasteiger partial charge in [-0.05, 0) is 5.92 Å². The summed E-state index contributed by atoms with van der Waals surface area (Å²) in [4.78, 5) is 18.4. The summed E-state index contributed by atoms with van der Waals surface area (Å²) in [7, 11) is 0. The highest BCUT2D eigenvalue weighted by Gasteiger charge is 2.04. The Kier molecular flexibility index (Phi) is 2.95. The minimum absolute atomic E-state index is 0.264. The summed E-state index contributed by atoms with van der Waals surface area (Å²) in [5, 5.41) is 0. The molecule has 4 heteroatoms. The van der Waals surface area contributed by atoms with Gasteiger partial charge in [0.2, 0.25) is 0 Å².